The Morgan fingerprint density at radius 1 is 1.06 bits per heavy atom. The number of rotatable bonds is 7. The first-order valence-corrected chi connectivity index (χ1v) is 11.1. The van der Waals surface area contributed by atoms with E-state index in [1.807, 2.05) is 19.9 Å². The van der Waals surface area contributed by atoms with Gasteiger partial charge in [0.15, 0.2) is 0 Å². The second-order valence-electron chi connectivity index (χ2n) is 8.93. The number of carbonyl (C=O) groups is 2. The van der Waals surface area contributed by atoms with Gasteiger partial charge in [-0.2, -0.15) is 0 Å². The van der Waals surface area contributed by atoms with Crippen LogP contribution in [0.1, 0.15) is 41.0 Å². The average molecular weight is 468 g/mol. The van der Waals surface area contributed by atoms with E-state index in [-0.39, 0.29) is 33.8 Å². The number of hydrogen-bond acceptors (Lipinski definition) is 7. The molecule has 1 heterocycles. The third kappa shape index (κ3) is 6.37. The number of ether oxygens (including phenoxy) is 3. The normalized spacial score (nSPS) is 13.1. The number of benzene rings is 2. The quantitative estimate of drug-likeness (QED) is 0.365. The Morgan fingerprint density at radius 3 is 2.41 bits per heavy atom. The third-order valence-corrected chi connectivity index (χ3v) is 5.04. The first-order valence-electron chi connectivity index (χ1n) is 11.1. The lowest BCUT2D eigenvalue weighted by molar-refractivity contribution is -0.138. The molecular formula is C26H29NO7. The lowest BCUT2D eigenvalue weighted by Gasteiger charge is -2.25. The van der Waals surface area contributed by atoms with Crippen LogP contribution in [-0.2, 0) is 9.53 Å². The van der Waals surface area contributed by atoms with Crippen molar-refractivity contribution in [2.45, 2.75) is 52.7 Å². The third-order valence-electron chi connectivity index (χ3n) is 5.04. The van der Waals surface area contributed by atoms with Crippen molar-refractivity contribution in [1.29, 1.82) is 0 Å². The highest BCUT2D eigenvalue weighted by atomic mass is 16.6. The van der Waals surface area contributed by atoms with Crippen molar-refractivity contribution in [3.63, 3.8) is 0 Å². The molecule has 0 aliphatic carbocycles. The molecule has 3 rings (SSSR count). The molecule has 0 fully saturated rings. The van der Waals surface area contributed by atoms with Crippen LogP contribution < -0.4 is 20.2 Å². The number of alkyl carbamates (subject to hydrolysis) is 1. The van der Waals surface area contributed by atoms with Crippen molar-refractivity contribution in [3.8, 4) is 17.2 Å². The Hall–Kier alpha value is -3.81. The van der Waals surface area contributed by atoms with Crippen LogP contribution in [0, 0.1) is 5.92 Å². The molecule has 0 saturated carbocycles. The molecule has 0 unspecified atom stereocenters. The summed E-state index contributed by atoms with van der Waals surface area (Å²) >= 11 is 0. The maximum absolute atomic E-state index is 12.9. The van der Waals surface area contributed by atoms with E-state index in [9.17, 15) is 14.4 Å². The number of hydrogen-bond donors (Lipinski definition) is 1. The van der Waals surface area contributed by atoms with Gasteiger partial charge in [0.05, 0.1) is 5.39 Å². The van der Waals surface area contributed by atoms with Crippen molar-refractivity contribution >= 4 is 23.0 Å². The van der Waals surface area contributed by atoms with Crippen molar-refractivity contribution in [2.24, 2.45) is 5.92 Å². The van der Waals surface area contributed by atoms with Gasteiger partial charge in [0.1, 0.15) is 35.0 Å². The van der Waals surface area contributed by atoms with E-state index in [0.717, 1.165) is 0 Å². The minimum absolute atomic E-state index is 0.0434. The van der Waals surface area contributed by atoms with Crippen LogP contribution in [0.2, 0.25) is 0 Å². The molecule has 1 N–H and O–H groups in total. The lowest BCUT2D eigenvalue weighted by Crippen LogP contribution is -2.48. The molecule has 0 bridgehead atoms. The summed E-state index contributed by atoms with van der Waals surface area (Å²) < 4.78 is 21.9. The van der Waals surface area contributed by atoms with E-state index in [0.29, 0.717) is 12.2 Å². The first-order chi connectivity index (χ1) is 16.1. The van der Waals surface area contributed by atoms with Crippen molar-refractivity contribution in [1.82, 2.24) is 5.32 Å². The van der Waals surface area contributed by atoms with Gasteiger partial charge >= 0.3 is 12.1 Å². The van der Waals surface area contributed by atoms with Crippen LogP contribution in [0.25, 0.3) is 11.0 Å². The van der Waals surface area contributed by atoms with Gasteiger partial charge in [-0.3, -0.25) is 4.79 Å². The number of esters is 1. The molecule has 0 spiro atoms. The number of para-hydroxylation sites is 1. The molecule has 2 atom stereocenters. The van der Waals surface area contributed by atoms with Crippen LogP contribution in [0.3, 0.4) is 0 Å². The summed E-state index contributed by atoms with van der Waals surface area (Å²) in [6, 6.07) is 12.4. The highest BCUT2D eigenvalue weighted by Gasteiger charge is 2.30. The van der Waals surface area contributed by atoms with Gasteiger partial charge in [0, 0.05) is 6.07 Å². The SMILES string of the molecule is CC[C@@H](C)[C@@H](NC(=O)OC(C)(C)C)C(=O)Oc1ccc2c(=O)c(Oc3ccccc3)coc2c1. The minimum Gasteiger partial charge on any atom is -0.460 e. The predicted octanol–water partition coefficient (Wildman–Crippen LogP) is 5.43. The van der Waals surface area contributed by atoms with E-state index in [1.54, 1.807) is 45.0 Å². The molecular weight excluding hydrogens is 438 g/mol. The minimum atomic E-state index is -0.913. The standard InChI is InChI=1S/C26H29NO7/c1-6-16(2)22(27-25(30)34-26(3,4)5)24(29)33-18-12-13-19-20(14-18)31-15-21(23(19)28)32-17-10-8-7-9-11-17/h7-16,22H,6H2,1-5H3,(H,27,30)/t16-,22-/m1/s1. The fourth-order valence-electron chi connectivity index (χ4n) is 3.12. The number of nitrogens with one attached hydrogen (secondary N) is 1. The van der Waals surface area contributed by atoms with Crippen LogP contribution in [0.15, 0.2) is 64.0 Å². The molecule has 0 aliphatic rings. The molecule has 0 radical (unpaired) electrons. The molecule has 1 aromatic heterocycles. The summed E-state index contributed by atoms with van der Waals surface area (Å²) in [7, 11) is 0. The Morgan fingerprint density at radius 2 is 1.76 bits per heavy atom. The van der Waals surface area contributed by atoms with E-state index in [1.165, 1.54) is 24.5 Å². The van der Waals surface area contributed by atoms with Gasteiger partial charge in [-0.25, -0.2) is 9.59 Å². The number of carbonyl (C=O) groups excluding carboxylic acids is 2. The summed E-state index contributed by atoms with van der Waals surface area (Å²) in [6.07, 6.45) is 1.15. The molecule has 8 nitrogen and oxygen atoms in total. The van der Waals surface area contributed by atoms with Gasteiger partial charge in [0.25, 0.3) is 0 Å². The zero-order chi connectivity index (χ0) is 24.9. The van der Waals surface area contributed by atoms with Gasteiger partial charge in [0.2, 0.25) is 11.2 Å². The van der Waals surface area contributed by atoms with E-state index in [4.69, 9.17) is 18.6 Å². The van der Waals surface area contributed by atoms with Gasteiger partial charge < -0.3 is 23.9 Å². The van der Waals surface area contributed by atoms with E-state index in [2.05, 4.69) is 5.32 Å². The second kappa shape index (κ2) is 10.4. The second-order valence-corrected chi connectivity index (χ2v) is 8.93. The van der Waals surface area contributed by atoms with Gasteiger partial charge in [-0.1, -0.05) is 38.5 Å². The highest BCUT2D eigenvalue weighted by Crippen LogP contribution is 2.24. The summed E-state index contributed by atoms with van der Waals surface area (Å²) in [5.41, 5.74) is -0.824. The molecule has 1 amide bonds. The van der Waals surface area contributed by atoms with Crippen molar-refractivity contribution in [3.05, 3.63) is 65.0 Å². The maximum atomic E-state index is 12.9. The predicted molar refractivity (Wildman–Crippen MR) is 127 cm³/mol. The number of fused-ring (bicyclic) bond motifs is 1. The summed E-state index contributed by atoms with van der Waals surface area (Å²) in [5, 5.41) is 2.87. The van der Waals surface area contributed by atoms with Crippen molar-refractivity contribution in [2.75, 3.05) is 0 Å². The lowest BCUT2D eigenvalue weighted by atomic mass is 9.99. The van der Waals surface area contributed by atoms with Crippen molar-refractivity contribution < 1.29 is 28.2 Å². The fraction of sp³-hybridized carbons (Fsp3) is 0.346. The van der Waals surface area contributed by atoms with Crippen LogP contribution in [0.4, 0.5) is 4.79 Å². The first kappa shape index (κ1) is 24.8. The number of amides is 1. The maximum Gasteiger partial charge on any atom is 0.408 e. The Bertz CT molecular complexity index is 1210. The van der Waals surface area contributed by atoms with E-state index >= 15 is 0 Å². The van der Waals surface area contributed by atoms with Crippen LogP contribution >= 0.6 is 0 Å². The molecule has 8 heteroatoms. The summed E-state index contributed by atoms with van der Waals surface area (Å²) in [5.74, 6) is -0.117. The molecule has 2 aromatic carbocycles. The summed E-state index contributed by atoms with van der Waals surface area (Å²) in [4.78, 5) is 37.9. The van der Waals surface area contributed by atoms with Crippen LogP contribution in [0.5, 0.6) is 17.2 Å². The molecule has 3 aromatic rings. The Kier molecular flexibility index (Phi) is 7.61. The average Bonchev–Trinajstić information content (AvgIpc) is 2.78. The Labute approximate surface area is 197 Å². The zero-order valence-electron chi connectivity index (χ0n) is 19.9. The fourth-order valence-corrected chi connectivity index (χ4v) is 3.12. The Balaban J connectivity index is 1.78. The topological polar surface area (TPSA) is 104 Å². The van der Waals surface area contributed by atoms with Gasteiger partial charge in [-0.05, 0) is 51.0 Å². The smallest absolute Gasteiger partial charge is 0.408 e. The zero-order valence-corrected chi connectivity index (χ0v) is 19.9. The monoisotopic (exact) mass is 467 g/mol. The molecule has 34 heavy (non-hydrogen) atoms. The molecule has 0 aliphatic heterocycles. The molecule has 180 valence electrons. The summed E-state index contributed by atoms with van der Waals surface area (Å²) in [6.45, 7) is 8.95. The highest BCUT2D eigenvalue weighted by molar-refractivity contribution is 5.85. The van der Waals surface area contributed by atoms with Crippen LogP contribution in [-0.4, -0.2) is 23.7 Å². The van der Waals surface area contributed by atoms with E-state index < -0.39 is 23.7 Å². The van der Waals surface area contributed by atoms with Gasteiger partial charge in [-0.15, -0.1) is 0 Å². The molecule has 0 saturated heterocycles. The largest absolute Gasteiger partial charge is 0.460 e.